The molecule has 18 heavy (non-hydrogen) atoms. The molecule has 0 saturated heterocycles. The Morgan fingerprint density at radius 1 is 1.28 bits per heavy atom. The first-order chi connectivity index (χ1) is 8.65. The van der Waals surface area contributed by atoms with Crippen LogP contribution in [0.25, 0.3) is 0 Å². The van der Waals surface area contributed by atoms with Crippen molar-refractivity contribution < 1.29 is 19.1 Å². The zero-order valence-electron chi connectivity index (χ0n) is 9.92. The molecule has 1 aliphatic rings. The molecule has 1 N–H and O–H groups in total. The standard InChI is InChI=1S/C11H16N2O4S/c14-9(3-8-18)12-4-6-17-7-5-13-10(15)1-2-11(13)16/h1-2,18H,3-8H2,(H,12,14). The molecule has 0 aromatic rings. The smallest absolute Gasteiger partial charge is 0.253 e. The lowest BCUT2D eigenvalue weighted by atomic mass is 10.4. The fraction of sp³-hybridized carbons (Fsp3) is 0.545. The van der Waals surface area contributed by atoms with E-state index in [9.17, 15) is 14.4 Å². The summed E-state index contributed by atoms with van der Waals surface area (Å²) in [6.45, 7) is 1.26. The number of hydrogen-bond donors (Lipinski definition) is 2. The van der Waals surface area contributed by atoms with Gasteiger partial charge in [-0.1, -0.05) is 0 Å². The van der Waals surface area contributed by atoms with Crippen LogP contribution in [0.3, 0.4) is 0 Å². The van der Waals surface area contributed by atoms with Gasteiger partial charge < -0.3 is 10.1 Å². The van der Waals surface area contributed by atoms with Crippen LogP contribution in [0.2, 0.25) is 0 Å². The summed E-state index contributed by atoms with van der Waals surface area (Å²) in [7, 11) is 0. The Balaban J connectivity index is 2.01. The van der Waals surface area contributed by atoms with Gasteiger partial charge in [0.05, 0.1) is 19.8 Å². The number of nitrogens with one attached hydrogen (secondary N) is 1. The molecule has 0 atom stereocenters. The Labute approximate surface area is 111 Å². The Bertz CT molecular complexity index is 339. The molecule has 0 spiro atoms. The van der Waals surface area contributed by atoms with Crippen molar-refractivity contribution in [3.8, 4) is 0 Å². The van der Waals surface area contributed by atoms with Crippen molar-refractivity contribution in [2.75, 3.05) is 32.1 Å². The topological polar surface area (TPSA) is 75.7 Å². The van der Waals surface area contributed by atoms with Gasteiger partial charge in [-0.3, -0.25) is 19.3 Å². The second kappa shape index (κ2) is 7.88. The molecule has 1 rings (SSSR count). The average molecular weight is 272 g/mol. The van der Waals surface area contributed by atoms with Crippen LogP contribution in [0.4, 0.5) is 0 Å². The van der Waals surface area contributed by atoms with Crippen LogP contribution in [0, 0.1) is 0 Å². The molecule has 0 aromatic carbocycles. The van der Waals surface area contributed by atoms with Gasteiger partial charge in [0.15, 0.2) is 0 Å². The third-order valence-corrected chi connectivity index (χ3v) is 2.49. The van der Waals surface area contributed by atoms with Crippen molar-refractivity contribution in [3.63, 3.8) is 0 Å². The highest BCUT2D eigenvalue weighted by Crippen LogP contribution is 2.02. The number of carbonyl (C=O) groups excluding carboxylic acids is 3. The van der Waals surface area contributed by atoms with Crippen molar-refractivity contribution in [2.45, 2.75) is 6.42 Å². The van der Waals surface area contributed by atoms with Crippen molar-refractivity contribution >= 4 is 30.4 Å². The number of amides is 3. The molecular formula is C11H16N2O4S. The van der Waals surface area contributed by atoms with Gasteiger partial charge in [-0.25, -0.2) is 0 Å². The van der Waals surface area contributed by atoms with Crippen LogP contribution >= 0.6 is 12.6 Å². The SMILES string of the molecule is O=C(CCS)NCCOCCN1C(=O)C=CC1=O. The molecule has 1 heterocycles. The number of ether oxygens (including phenoxy) is 1. The highest BCUT2D eigenvalue weighted by atomic mass is 32.1. The van der Waals surface area contributed by atoms with Crippen molar-refractivity contribution in [2.24, 2.45) is 0 Å². The van der Waals surface area contributed by atoms with E-state index in [4.69, 9.17) is 4.74 Å². The van der Waals surface area contributed by atoms with Crippen LogP contribution in [-0.2, 0) is 19.1 Å². The molecule has 3 amide bonds. The molecular weight excluding hydrogens is 256 g/mol. The summed E-state index contributed by atoms with van der Waals surface area (Å²) < 4.78 is 5.21. The molecule has 7 heteroatoms. The largest absolute Gasteiger partial charge is 0.378 e. The maximum absolute atomic E-state index is 11.2. The van der Waals surface area contributed by atoms with Crippen molar-refractivity contribution in [3.05, 3.63) is 12.2 Å². The second-order valence-electron chi connectivity index (χ2n) is 3.60. The fourth-order valence-corrected chi connectivity index (χ4v) is 1.57. The Morgan fingerprint density at radius 2 is 1.94 bits per heavy atom. The highest BCUT2D eigenvalue weighted by molar-refractivity contribution is 7.80. The average Bonchev–Trinajstić information content (AvgIpc) is 2.65. The lowest BCUT2D eigenvalue weighted by molar-refractivity contribution is -0.137. The third kappa shape index (κ3) is 4.89. The zero-order valence-corrected chi connectivity index (χ0v) is 10.8. The summed E-state index contributed by atoms with van der Waals surface area (Å²) in [6, 6.07) is 0. The maximum Gasteiger partial charge on any atom is 0.253 e. The Hall–Kier alpha value is -1.34. The van der Waals surface area contributed by atoms with E-state index >= 15 is 0 Å². The second-order valence-corrected chi connectivity index (χ2v) is 4.04. The summed E-state index contributed by atoms with van der Waals surface area (Å²) in [6.07, 6.45) is 2.85. The van der Waals surface area contributed by atoms with Crippen LogP contribution in [-0.4, -0.2) is 54.7 Å². The minimum absolute atomic E-state index is 0.0669. The van der Waals surface area contributed by atoms with Gasteiger partial charge in [0.2, 0.25) is 5.91 Å². The van der Waals surface area contributed by atoms with Gasteiger partial charge in [-0.05, 0) is 5.75 Å². The highest BCUT2D eigenvalue weighted by Gasteiger charge is 2.22. The van der Waals surface area contributed by atoms with Crippen LogP contribution in [0.15, 0.2) is 12.2 Å². The predicted molar refractivity (Wildman–Crippen MR) is 68.2 cm³/mol. The van der Waals surface area contributed by atoms with E-state index in [1.165, 1.54) is 12.2 Å². The lowest BCUT2D eigenvalue weighted by Gasteiger charge is -2.13. The number of thiol groups is 1. The van der Waals surface area contributed by atoms with Crippen LogP contribution in [0.5, 0.6) is 0 Å². The quantitative estimate of drug-likeness (QED) is 0.350. The number of rotatable bonds is 8. The monoisotopic (exact) mass is 272 g/mol. The zero-order chi connectivity index (χ0) is 13.4. The van der Waals surface area contributed by atoms with Gasteiger partial charge in [0.25, 0.3) is 11.8 Å². The molecule has 1 aliphatic heterocycles. The Kier molecular flexibility index (Phi) is 6.45. The molecule has 0 unspecified atom stereocenters. The minimum Gasteiger partial charge on any atom is -0.378 e. The molecule has 0 fully saturated rings. The molecule has 0 aliphatic carbocycles. The first-order valence-corrected chi connectivity index (χ1v) is 6.27. The summed E-state index contributed by atoms with van der Waals surface area (Å²) in [4.78, 5) is 34.5. The van der Waals surface area contributed by atoms with Crippen LogP contribution in [0.1, 0.15) is 6.42 Å². The first-order valence-electron chi connectivity index (χ1n) is 5.64. The molecule has 0 aromatic heterocycles. The van der Waals surface area contributed by atoms with E-state index in [0.717, 1.165) is 4.90 Å². The summed E-state index contributed by atoms with van der Waals surface area (Å²) in [5.74, 6) is -0.183. The third-order valence-electron chi connectivity index (χ3n) is 2.27. The van der Waals surface area contributed by atoms with Gasteiger partial charge in [-0.2, -0.15) is 12.6 Å². The summed E-state index contributed by atoms with van der Waals surface area (Å²) in [5, 5.41) is 2.66. The number of hydrogen-bond acceptors (Lipinski definition) is 5. The molecule has 0 saturated carbocycles. The summed E-state index contributed by atoms with van der Waals surface area (Å²) in [5.41, 5.74) is 0. The minimum atomic E-state index is -0.314. The predicted octanol–water partition coefficient (Wildman–Crippen LogP) is -0.636. The number of nitrogens with zero attached hydrogens (tertiary/aromatic N) is 1. The van der Waals surface area contributed by atoms with Crippen molar-refractivity contribution in [1.29, 1.82) is 0 Å². The maximum atomic E-state index is 11.2. The molecule has 6 nitrogen and oxygen atoms in total. The van der Waals surface area contributed by atoms with E-state index in [0.29, 0.717) is 25.3 Å². The van der Waals surface area contributed by atoms with Gasteiger partial charge in [0, 0.05) is 25.1 Å². The van der Waals surface area contributed by atoms with Crippen LogP contribution < -0.4 is 5.32 Å². The van der Waals surface area contributed by atoms with Gasteiger partial charge in [0.1, 0.15) is 0 Å². The molecule has 0 bridgehead atoms. The van der Waals surface area contributed by atoms with E-state index in [1.807, 2.05) is 0 Å². The van der Waals surface area contributed by atoms with Gasteiger partial charge >= 0.3 is 0 Å². The number of carbonyl (C=O) groups is 3. The fourth-order valence-electron chi connectivity index (χ4n) is 1.36. The first kappa shape index (κ1) is 14.7. The van der Waals surface area contributed by atoms with Crippen molar-refractivity contribution in [1.82, 2.24) is 10.2 Å². The molecule has 100 valence electrons. The normalized spacial score (nSPS) is 14.4. The lowest BCUT2D eigenvalue weighted by Crippen LogP contribution is -2.34. The van der Waals surface area contributed by atoms with E-state index in [-0.39, 0.29) is 30.9 Å². The number of imide groups is 1. The molecule has 0 radical (unpaired) electrons. The van der Waals surface area contributed by atoms with E-state index in [1.54, 1.807) is 0 Å². The Morgan fingerprint density at radius 3 is 2.56 bits per heavy atom. The van der Waals surface area contributed by atoms with E-state index < -0.39 is 0 Å². The summed E-state index contributed by atoms with van der Waals surface area (Å²) >= 11 is 3.94. The van der Waals surface area contributed by atoms with Gasteiger partial charge in [-0.15, -0.1) is 0 Å². The van der Waals surface area contributed by atoms with E-state index in [2.05, 4.69) is 17.9 Å².